The first kappa shape index (κ1) is 15.9. The fourth-order valence-electron chi connectivity index (χ4n) is 2.50. The molecule has 1 aromatic rings. The molecule has 1 unspecified atom stereocenters. The van der Waals surface area contributed by atoms with Crippen molar-refractivity contribution in [3.63, 3.8) is 0 Å². The average Bonchev–Trinajstić information content (AvgIpc) is 2.86. The van der Waals surface area contributed by atoms with Gasteiger partial charge in [-0.1, -0.05) is 13.8 Å². The summed E-state index contributed by atoms with van der Waals surface area (Å²) in [6.07, 6.45) is 1.58. The number of nitrogens with one attached hydrogen (secondary N) is 1. The van der Waals surface area contributed by atoms with Crippen molar-refractivity contribution in [1.29, 1.82) is 0 Å². The number of carbonyl (C=O) groups excluding carboxylic acids is 1. The highest BCUT2D eigenvalue weighted by Crippen LogP contribution is 2.11. The number of hydrogen-bond donors (Lipinski definition) is 1. The van der Waals surface area contributed by atoms with Crippen molar-refractivity contribution in [3.8, 4) is 0 Å². The van der Waals surface area contributed by atoms with Crippen molar-refractivity contribution in [1.82, 2.24) is 25.0 Å². The van der Waals surface area contributed by atoms with E-state index in [9.17, 15) is 4.79 Å². The molecule has 0 bridgehead atoms. The number of rotatable bonds is 6. The minimum absolute atomic E-state index is 0.167. The lowest BCUT2D eigenvalue weighted by atomic mass is 10.2. The zero-order valence-electron chi connectivity index (χ0n) is 13.1. The Balaban J connectivity index is 2.05. The summed E-state index contributed by atoms with van der Waals surface area (Å²) in [5.41, 5.74) is 0. The number of esters is 1. The molecule has 1 aliphatic heterocycles. The third-order valence-electron chi connectivity index (χ3n) is 3.49. The number of carbonyl (C=O) groups is 1. The third-order valence-corrected chi connectivity index (χ3v) is 3.49. The van der Waals surface area contributed by atoms with Crippen LogP contribution in [0.3, 0.4) is 0 Å². The zero-order valence-corrected chi connectivity index (χ0v) is 13.1. The van der Waals surface area contributed by atoms with Gasteiger partial charge in [-0.25, -0.2) is 9.67 Å². The number of hydrogen-bond acceptors (Lipinski definition) is 6. The van der Waals surface area contributed by atoms with Gasteiger partial charge in [0.25, 0.3) is 0 Å². The van der Waals surface area contributed by atoms with Crippen LogP contribution < -0.4 is 5.32 Å². The Bertz CT molecular complexity index is 460. The van der Waals surface area contributed by atoms with Crippen LogP contribution in [0.5, 0.6) is 0 Å². The Morgan fingerprint density at radius 2 is 2.38 bits per heavy atom. The second-order valence-electron chi connectivity index (χ2n) is 5.69. The van der Waals surface area contributed by atoms with Crippen LogP contribution in [0, 0.1) is 5.92 Å². The van der Waals surface area contributed by atoms with Gasteiger partial charge in [0.05, 0.1) is 13.2 Å². The van der Waals surface area contributed by atoms with Crippen LogP contribution in [0.4, 0.5) is 0 Å². The van der Waals surface area contributed by atoms with Crippen LogP contribution in [0.25, 0.3) is 0 Å². The molecule has 1 saturated heterocycles. The van der Waals surface area contributed by atoms with E-state index in [1.54, 1.807) is 6.33 Å². The SMILES string of the molecule is CCOC(=O)C1CNCCN1Cc1ncnn1CC(C)C. The lowest BCUT2D eigenvalue weighted by Gasteiger charge is -2.34. The molecule has 21 heavy (non-hydrogen) atoms. The quantitative estimate of drug-likeness (QED) is 0.760. The molecule has 2 rings (SSSR count). The van der Waals surface area contributed by atoms with E-state index in [-0.39, 0.29) is 12.0 Å². The first-order chi connectivity index (χ1) is 10.1. The predicted octanol–water partition coefficient (Wildman–Crippen LogP) is 0.271. The van der Waals surface area contributed by atoms with E-state index in [1.165, 1.54) is 0 Å². The summed E-state index contributed by atoms with van der Waals surface area (Å²) >= 11 is 0. The fraction of sp³-hybridized carbons (Fsp3) is 0.786. The van der Waals surface area contributed by atoms with Gasteiger partial charge < -0.3 is 10.1 Å². The van der Waals surface area contributed by atoms with Crippen LogP contribution in [-0.2, 0) is 22.6 Å². The van der Waals surface area contributed by atoms with Crippen LogP contribution >= 0.6 is 0 Å². The molecule has 2 heterocycles. The largest absolute Gasteiger partial charge is 0.465 e. The van der Waals surface area contributed by atoms with Crippen molar-refractivity contribution >= 4 is 5.97 Å². The van der Waals surface area contributed by atoms with E-state index < -0.39 is 0 Å². The second-order valence-corrected chi connectivity index (χ2v) is 5.69. The summed E-state index contributed by atoms with van der Waals surface area (Å²) in [5.74, 6) is 1.24. The Labute approximate surface area is 125 Å². The standard InChI is InChI=1S/C14H25N5O2/c1-4-21-14(20)12-7-15-5-6-18(12)9-13-16-10-17-19(13)8-11(2)3/h10-12,15H,4-9H2,1-3H3. The Morgan fingerprint density at radius 3 is 3.10 bits per heavy atom. The lowest BCUT2D eigenvalue weighted by molar-refractivity contribution is -0.150. The first-order valence-electron chi connectivity index (χ1n) is 7.60. The molecule has 0 saturated carbocycles. The highest BCUT2D eigenvalue weighted by molar-refractivity contribution is 5.76. The summed E-state index contributed by atoms with van der Waals surface area (Å²) in [6, 6.07) is -0.247. The monoisotopic (exact) mass is 295 g/mol. The molecular weight excluding hydrogens is 270 g/mol. The van der Waals surface area contributed by atoms with Gasteiger partial charge >= 0.3 is 5.97 Å². The third kappa shape index (κ3) is 4.25. The summed E-state index contributed by atoms with van der Waals surface area (Å²) in [4.78, 5) is 18.5. The molecule has 1 aliphatic rings. The summed E-state index contributed by atoms with van der Waals surface area (Å²) in [5, 5.41) is 7.52. The molecule has 118 valence electrons. The van der Waals surface area contributed by atoms with E-state index in [0.29, 0.717) is 25.6 Å². The maximum atomic E-state index is 12.1. The molecule has 0 amide bonds. The van der Waals surface area contributed by atoms with Crippen LogP contribution in [-0.4, -0.2) is 57.9 Å². The average molecular weight is 295 g/mol. The number of piperazine rings is 1. The van der Waals surface area contributed by atoms with Crippen molar-refractivity contribution in [2.24, 2.45) is 5.92 Å². The van der Waals surface area contributed by atoms with Crippen molar-refractivity contribution in [3.05, 3.63) is 12.2 Å². The van der Waals surface area contributed by atoms with Gasteiger partial charge in [-0.3, -0.25) is 9.69 Å². The van der Waals surface area contributed by atoms with Gasteiger partial charge in [0.2, 0.25) is 0 Å². The molecule has 0 spiro atoms. The van der Waals surface area contributed by atoms with E-state index >= 15 is 0 Å². The van der Waals surface area contributed by atoms with Crippen molar-refractivity contribution in [2.45, 2.75) is 39.9 Å². The van der Waals surface area contributed by atoms with E-state index in [0.717, 1.165) is 25.5 Å². The molecule has 7 nitrogen and oxygen atoms in total. The Hall–Kier alpha value is -1.47. The highest BCUT2D eigenvalue weighted by atomic mass is 16.5. The molecule has 1 N–H and O–H groups in total. The maximum Gasteiger partial charge on any atom is 0.324 e. The van der Waals surface area contributed by atoms with Gasteiger partial charge in [0.15, 0.2) is 0 Å². The van der Waals surface area contributed by atoms with Crippen LogP contribution in [0.15, 0.2) is 6.33 Å². The Morgan fingerprint density at radius 1 is 1.57 bits per heavy atom. The van der Waals surface area contributed by atoms with E-state index in [4.69, 9.17) is 4.74 Å². The van der Waals surface area contributed by atoms with Crippen LogP contribution in [0.1, 0.15) is 26.6 Å². The molecular formula is C14H25N5O2. The smallest absolute Gasteiger partial charge is 0.324 e. The number of nitrogens with zero attached hydrogens (tertiary/aromatic N) is 4. The van der Waals surface area contributed by atoms with Crippen LogP contribution in [0.2, 0.25) is 0 Å². The van der Waals surface area contributed by atoms with Crippen molar-refractivity contribution < 1.29 is 9.53 Å². The predicted molar refractivity (Wildman–Crippen MR) is 78.6 cm³/mol. The second kappa shape index (κ2) is 7.51. The van der Waals surface area contributed by atoms with Gasteiger partial charge in [0, 0.05) is 26.2 Å². The summed E-state index contributed by atoms with van der Waals surface area (Å²) in [6.45, 7) is 10.3. The van der Waals surface area contributed by atoms with Crippen molar-refractivity contribution in [2.75, 3.05) is 26.2 Å². The summed E-state index contributed by atoms with van der Waals surface area (Å²) < 4.78 is 7.09. The molecule has 0 aliphatic carbocycles. The number of ether oxygens (including phenoxy) is 1. The highest BCUT2D eigenvalue weighted by Gasteiger charge is 2.30. The van der Waals surface area contributed by atoms with Gasteiger partial charge in [-0.05, 0) is 12.8 Å². The van der Waals surface area contributed by atoms with E-state index in [2.05, 4.69) is 34.1 Å². The normalized spacial score (nSPS) is 19.9. The number of aromatic nitrogens is 3. The fourth-order valence-corrected chi connectivity index (χ4v) is 2.50. The van der Waals surface area contributed by atoms with E-state index in [1.807, 2.05) is 11.6 Å². The first-order valence-corrected chi connectivity index (χ1v) is 7.60. The van der Waals surface area contributed by atoms with Gasteiger partial charge in [0.1, 0.15) is 18.2 Å². The molecule has 0 radical (unpaired) electrons. The lowest BCUT2D eigenvalue weighted by Crippen LogP contribution is -2.55. The minimum atomic E-state index is -0.247. The topological polar surface area (TPSA) is 72.3 Å². The molecule has 7 heteroatoms. The maximum absolute atomic E-state index is 12.1. The molecule has 1 atom stereocenters. The molecule has 1 fully saturated rings. The Kier molecular flexibility index (Phi) is 5.69. The summed E-state index contributed by atoms with van der Waals surface area (Å²) in [7, 11) is 0. The molecule has 1 aromatic heterocycles. The zero-order chi connectivity index (χ0) is 15.2. The molecule has 0 aromatic carbocycles. The van der Waals surface area contributed by atoms with Gasteiger partial charge in [-0.2, -0.15) is 5.10 Å². The van der Waals surface area contributed by atoms with Gasteiger partial charge in [-0.15, -0.1) is 0 Å². The minimum Gasteiger partial charge on any atom is -0.465 e.